The molecule has 2 heterocycles. The van der Waals surface area contributed by atoms with Crippen molar-refractivity contribution in [1.29, 1.82) is 0 Å². The van der Waals surface area contributed by atoms with Gasteiger partial charge in [0.05, 0.1) is 19.3 Å². The van der Waals surface area contributed by atoms with Crippen LogP contribution >= 0.6 is 0 Å². The largest absolute Gasteiger partial charge is 0.389 e. The lowest BCUT2D eigenvalue weighted by Gasteiger charge is -2.36. The van der Waals surface area contributed by atoms with E-state index in [0.717, 1.165) is 5.56 Å². The molecule has 0 bridgehead atoms. The molecule has 6 heteroatoms. The first-order valence-corrected chi connectivity index (χ1v) is 6.34. The fourth-order valence-electron chi connectivity index (χ4n) is 2.22. The molecule has 1 aromatic heterocycles. The van der Waals surface area contributed by atoms with Crippen LogP contribution in [0.5, 0.6) is 0 Å². The first-order chi connectivity index (χ1) is 9.15. The van der Waals surface area contributed by atoms with E-state index < -0.39 is 12.1 Å². The number of aromatic nitrogens is 1. The molecule has 1 aromatic rings. The second-order valence-corrected chi connectivity index (χ2v) is 4.49. The summed E-state index contributed by atoms with van der Waals surface area (Å²) in [5, 5.41) is 12.5. The summed E-state index contributed by atoms with van der Waals surface area (Å²) in [6.07, 6.45) is 1.04. The molecule has 0 aliphatic carbocycles. The van der Waals surface area contributed by atoms with Crippen LogP contribution in [0.4, 0.5) is 5.82 Å². The zero-order valence-electron chi connectivity index (χ0n) is 11.2. The molecule has 1 fully saturated rings. The van der Waals surface area contributed by atoms with E-state index in [4.69, 9.17) is 4.74 Å². The molecule has 0 aromatic carbocycles. The number of aliphatic hydroxyl groups excluding tert-OH is 1. The number of aliphatic hydroxyl groups is 1. The fraction of sp³-hybridized carbons (Fsp3) is 0.538. The smallest absolute Gasteiger partial charge is 0.244 e. The van der Waals surface area contributed by atoms with Crippen molar-refractivity contribution >= 4 is 11.7 Å². The highest BCUT2D eigenvalue weighted by atomic mass is 16.5. The monoisotopic (exact) mass is 265 g/mol. The Bertz CT molecular complexity index is 451. The third kappa shape index (κ3) is 2.85. The molecule has 2 rings (SSSR count). The molecule has 1 saturated heterocycles. The van der Waals surface area contributed by atoms with Crippen LogP contribution in [-0.4, -0.2) is 48.8 Å². The van der Waals surface area contributed by atoms with Crippen LogP contribution in [0.25, 0.3) is 0 Å². The number of nitrogens with zero attached hydrogens (tertiary/aromatic N) is 2. The maximum atomic E-state index is 11.9. The Morgan fingerprint density at radius 3 is 3.16 bits per heavy atom. The molecule has 0 saturated carbocycles. The van der Waals surface area contributed by atoms with Gasteiger partial charge in [0.15, 0.2) is 0 Å². The zero-order chi connectivity index (χ0) is 13.8. The summed E-state index contributed by atoms with van der Waals surface area (Å²) in [6, 6.07) is 3.19. The number of morpholine rings is 1. The average molecular weight is 265 g/mol. The predicted octanol–water partition coefficient (Wildman–Crippen LogP) is 0.0861. The molecule has 6 nitrogen and oxygen atoms in total. The number of likely N-dealkylation sites (N-methyl/N-ethyl adjacent to an activating group) is 1. The van der Waals surface area contributed by atoms with Gasteiger partial charge in [0.2, 0.25) is 5.91 Å². The van der Waals surface area contributed by atoms with Crippen molar-refractivity contribution in [3.63, 3.8) is 0 Å². The van der Waals surface area contributed by atoms with Gasteiger partial charge >= 0.3 is 0 Å². The highest BCUT2D eigenvalue weighted by molar-refractivity contribution is 5.85. The van der Waals surface area contributed by atoms with E-state index in [1.54, 1.807) is 26.2 Å². The second kappa shape index (κ2) is 5.99. The van der Waals surface area contributed by atoms with Crippen molar-refractivity contribution in [3.8, 4) is 0 Å². The lowest BCUT2D eigenvalue weighted by Crippen LogP contribution is -2.54. The average Bonchev–Trinajstić information content (AvgIpc) is 2.46. The molecule has 1 unspecified atom stereocenters. The topological polar surface area (TPSA) is 74.7 Å². The number of rotatable bonds is 3. The highest BCUT2D eigenvalue weighted by Gasteiger charge is 2.31. The third-order valence-electron chi connectivity index (χ3n) is 3.22. The molecule has 1 amide bonds. The molecule has 0 spiro atoms. The molecule has 104 valence electrons. The summed E-state index contributed by atoms with van der Waals surface area (Å²) in [6.45, 7) is 3.14. The number of hydrogen-bond donors (Lipinski definition) is 2. The van der Waals surface area contributed by atoms with Gasteiger partial charge < -0.3 is 20.1 Å². The van der Waals surface area contributed by atoms with E-state index >= 15 is 0 Å². The van der Waals surface area contributed by atoms with Gasteiger partial charge in [-0.1, -0.05) is 6.07 Å². The zero-order valence-corrected chi connectivity index (χ0v) is 11.2. The first-order valence-electron chi connectivity index (χ1n) is 6.34. The van der Waals surface area contributed by atoms with E-state index in [2.05, 4.69) is 10.3 Å². The van der Waals surface area contributed by atoms with Crippen molar-refractivity contribution in [2.24, 2.45) is 0 Å². The van der Waals surface area contributed by atoms with Gasteiger partial charge in [-0.05, 0) is 13.0 Å². The van der Waals surface area contributed by atoms with E-state index in [9.17, 15) is 9.90 Å². The Labute approximate surface area is 112 Å². The summed E-state index contributed by atoms with van der Waals surface area (Å²) in [5.41, 5.74) is 0.721. The Morgan fingerprint density at radius 2 is 2.47 bits per heavy atom. The van der Waals surface area contributed by atoms with Crippen LogP contribution in [0.1, 0.15) is 18.6 Å². The maximum absolute atomic E-state index is 11.9. The quantitative estimate of drug-likeness (QED) is 0.810. The summed E-state index contributed by atoms with van der Waals surface area (Å²) >= 11 is 0. The standard InChI is InChI=1S/C13H19N3O3/c1-9(17)10-4-3-5-15-12(10)16-6-7-19-8-11(16)13(18)14-2/h3-5,9,11,17H,6-8H2,1-2H3,(H,14,18)/t9-,11?/m1/s1. The fourth-order valence-corrected chi connectivity index (χ4v) is 2.22. The number of nitrogens with one attached hydrogen (secondary N) is 1. The summed E-state index contributed by atoms with van der Waals surface area (Å²) in [7, 11) is 1.60. The van der Waals surface area contributed by atoms with Gasteiger partial charge in [-0.25, -0.2) is 4.98 Å². The summed E-state index contributed by atoms with van der Waals surface area (Å²) < 4.78 is 5.36. The Morgan fingerprint density at radius 1 is 1.68 bits per heavy atom. The molecule has 0 radical (unpaired) electrons. The summed E-state index contributed by atoms with van der Waals surface area (Å²) in [5.74, 6) is 0.538. The predicted molar refractivity (Wildman–Crippen MR) is 70.9 cm³/mol. The Balaban J connectivity index is 2.35. The van der Waals surface area contributed by atoms with Gasteiger partial charge in [0.1, 0.15) is 11.9 Å². The van der Waals surface area contributed by atoms with Gasteiger partial charge in [-0.15, -0.1) is 0 Å². The molecule has 2 atom stereocenters. The van der Waals surface area contributed by atoms with Crippen molar-refractivity contribution in [3.05, 3.63) is 23.9 Å². The van der Waals surface area contributed by atoms with Gasteiger partial charge in [-0.2, -0.15) is 0 Å². The molecule has 2 N–H and O–H groups in total. The summed E-state index contributed by atoms with van der Waals surface area (Å²) in [4.78, 5) is 18.1. The molecular weight excluding hydrogens is 246 g/mol. The number of amides is 1. The normalized spacial score (nSPS) is 21.0. The SMILES string of the molecule is CNC(=O)C1COCCN1c1ncccc1[C@@H](C)O. The maximum Gasteiger partial charge on any atom is 0.244 e. The second-order valence-electron chi connectivity index (χ2n) is 4.49. The first kappa shape index (κ1) is 13.8. The van der Waals surface area contributed by atoms with E-state index in [1.807, 2.05) is 11.0 Å². The molecule has 1 aliphatic heterocycles. The van der Waals surface area contributed by atoms with Crippen LogP contribution in [0.3, 0.4) is 0 Å². The number of carbonyl (C=O) groups excluding carboxylic acids is 1. The van der Waals surface area contributed by atoms with E-state index in [-0.39, 0.29) is 5.91 Å². The highest BCUT2D eigenvalue weighted by Crippen LogP contribution is 2.26. The third-order valence-corrected chi connectivity index (χ3v) is 3.22. The van der Waals surface area contributed by atoms with Crippen molar-refractivity contribution in [1.82, 2.24) is 10.3 Å². The van der Waals surface area contributed by atoms with Crippen molar-refractivity contribution < 1.29 is 14.6 Å². The van der Waals surface area contributed by atoms with Gasteiger partial charge in [-0.3, -0.25) is 4.79 Å². The van der Waals surface area contributed by atoms with Gasteiger partial charge in [0, 0.05) is 25.4 Å². The van der Waals surface area contributed by atoms with Crippen LogP contribution in [0.15, 0.2) is 18.3 Å². The molecule has 19 heavy (non-hydrogen) atoms. The molecule has 1 aliphatic rings. The lowest BCUT2D eigenvalue weighted by atomic mass is 10.1. The van der Waals surface area contributed by atoms with Crippen LogP contribution < -0.4 is 10.2 Å². The number of pyridine rings is 1. The minimum Gasteiger partial charge on any atom is -0.389 e. The van der Waals surface area contributed by atoms with E-state index in [0.29, 0.717) is 25.6 Å². The Hall–Kier alpha value is -1.66. The van der Waals surface area contributed by atoms with Gasteiger partial charge in [0.25, 0.3) is 0 Å². The van der Waals surface area contributed by atoms with E-state index in [1.165, 1.54) is 0 Å². The van der Waals surface area contributed by atoms with Crippen LogP contribution in [0, 0.1) is 0 Å². The van der Waals surface area contributed by atoms with Crippen molar-refractivity contribution in [2.45, 2.75) is 19.1 Å². The lowest BCUT2D eigenvalue weighted by molar-refractivity contribution is -0.124. The van der Waals surface area contributed by atoms with Crippen molar-refractivity contribution in [2.75, 3.05) is 31.7 Å². The number of anilines is 1. The minimum atomic E-state index is -0.628. The number of ether oxygens (including phenoxy) is 1. The van der Waals surface area contributed by atoms with Crippen LogP contribution in [0.2, 0.25) is 0 Å². The number of hydrogen-bond acceptors (Lipinski definition) is 5. The Kier molecular flexibility index (Phi) is 4.34. The molecular formula is C13H19N3O3. The number of carbonyl (C=O) groups is 1. The van der Waals surface area contributed by atoms with Crippen LogP contribution in [-0.2, 0) is 9.53 Å². The minimum absolute atomic E-state index is 0.109.